The van der Waals surface area contributed by atoms with E-state index >= 15 is 0 Å². The number of hydrogen-bond donors (Lipinski definition) is 5. The Bertz CT molecular complexity index is 997. The Morgan fingerprint density at radius 2 is 2.07 bits per heavy atom. The van der Waals surface area contributed by atoms with Crippen LogP contribution in [0.2, 0.25) is 0 Å². The van der Waals surface area contributed by atoms with Gasteiger partial charge in [-0.05, 0) is 44.2 Å². The molecule has 0 aliphatic rings. The quantitative estimate of drug-likeness (QED) is 0.146. The number of allylic oxidation sites excluding steroid dienone is 4. The van der Waals surface area contributed by atoms with Crippen LogP contribution in [0.4, 0.5) is 23.1 Å². The van der Waals surface area contributed by atoms with Gasteiger partial charge in [-0.3, -0.25) is 0 Å². The summed E-state index contributed by atoms with van der Waals surface area (Å²) in [6.45, 7) is 3.64. The first-order valence-electron chi connectivity index (χ1n) is 9.16. The van der Waals surface area contributed by atoms with Crippen LogP contribution in [0.15, 0.2) is 71.1 Å². The number of amidine groups is 1. The van der Waals surface area contributed by atoms with Crippen molar-refractivity contribution in [3.8, 4) is 0 Å². The van der Waals surface area contributed by atoms with E-state index in [0.29, 0.717) is 34.1 Å². The third kappa shape index (κ3) is 6.35. The van der Waals surface area contributed by atoms with Gasteiger partial charge < -0.3 is 32.4 Å². The predicted molar refractivity (Wildman–Crippen MR) is 121 cm³/mol. The molecule has 1 aromatic carbocycles. The van der Waals surface area contributed by atoms with Crippen LogP contribution in [-0.4, -0.2) is 34.2 Å². The van der Waals surface area contributed by atoms with Crippen LogP contribution >= 0.6 is 0 Å². The van der Waals surface area contributed by atoms with Gasteiger partial charge in [-0.2, -0.15) is 4.98 Å². The Labute approximate surface area is 175 Å². The van der Waals surface area contributed by atoms with Crippen LogP contribution in [0.25, 0.3) is 0 Å². The normalized spacial score (nSPS) is 14.1. The summed E-state index contributed by atoms with van der Waals surface area (Å²) in [6, 6.07) is 6.84. The minimum absolute atomic E-state index is 0.0840. The summed E-state index contributed by atoms with van der Waals surface area (Å²) >= 11 is 0. The molecule has 9 heteroatoms. The van der Waals surface area contributed by atoms with Crippen molar-refractivity contribution < 1.29 is 9.84 Å². The Morgan fingerprint density at radius 3 is 2.73 bits per heavy atom. The molecule has 0 spiro atoms. The lowest BCUT2D eigenvalue weighted by molar-refractivity contribution is 0.223. The second-order valence-corrected chi connectivity index (χ2v) is 6.27. The third-order valence-corrected chi connectivity index (χ3v) is 4.01. The number of aliphatic hydroxyl groups is 1. The molecule has 1 heterocycles. The van der Waals surface area contributed by atoms with E-state index in [1.165, 1.54) is 0 Å². The van der Waals surface area contributed by atoms with Gasteiger partial charge in [0.25, 0.3) is 0 Å². The standard InChI is InChI=1S/C21H27N7O2/c1-4-5-6-14(11-13(2)30-3)20(29)28-19(23)16-12-15(7-8-17(16)22)26-18-9-10-25-21(24)27-18/h4-12,20,29H,22H2,1-3H3,(H2,23,28)(H3,24,25,26,27)/b5-4-,13-11+,14-6+. The van der Waals surface area contributed by atoms with Gasteiger partial charge in [0.2, 0.25) is 5.95 Å². The number of aromatic nitrogens is 2. The van der Waals surface area contributed by atoms with Gasteiger partial charge in [0, 0.05) is 28.7 Å². The lowest BCUT2D eigenvalue weighted by Gasteiger charge is -2.13. The number of hydrogen-bond acceptors (Lipinski definition) is 8. The monoisotopic (exact) mass is 409 g/mol. The topological polar surface area (TPSA) is 158 Å². The van der Waals surface area contributed by atoms with Crippen molar-refractivity contribution in [2.24, 2.45) is 10.7 Å². The summed E-state index contributed by atoms with van der Waals surface area (Å²) in [5.74, 6) is 1.37. The second-order valence-electron chi connectivity index (χ2n) is 6.27. The van der Waals surface area contributed by atoms with Gasteiger partial charge >= 0.3 is 0 Å². The molecular weight excluding hydrogens is 382 g/mol. The number of nitrogens with two attached hydrogens (primary N) is 3. The number of ether oxygens (including phenoxy) is 1. The van der Waals surface area contributed by atoms with Gasteiger partial charge in [-0.15, -0.1) is 0 Å². The summed E-state index contributed by atoms with van der Waals surface area (Å²) in [4.78, 5) is 12.2. The third-order valence-electron chi connectivity index (χ3n) is 4.01. The fourth-order valence-corrected chi connectivity index (χ4v) is 2.43. The minimum atomic E-state index is -1.20. The van der Waals surface area contributed by atoms with Gasteiger partial charge in [-0.25, -0.2) is 9.98 Å². The minimum Gasteiger partial charge on any atom is -0.501 e. The molecule has 0 saturated carbocycles. The maximum atomic E-state index is 10.6. The van der Waals surface area contributed by atoms with Crippen molar-refractivity contribution in [2.75, 3.05) is 23.9 Å². The van der Waals surface area contributed by atoms with Crippen LogP contribution in [0.5, 0.6) is 0 Å². The number of rotatable bonds is 8. The van der Waals surface area contributed by atoms with Crippen molar-refractivity contribution >= 4 is 29.0 Å². The molecule has 2 aromatic rings. The SMILES string of the molecule is C\C=C/C=C(\C=C(/C)OC)C(O)/N=C(\N)c1cc(Nc2ccnc(N)n2)ccc1N. The van der Waals surface area contributed by atoms with Crippen LogP contribution in [-0.2, 0) is 4.74 Å². The Kier molecular flexibility index (Phi) is 7.95. The van der Waals surface area contributed by atoms with Crippen molar-refractivity contribution in [1.29, 1.82) is 0 Å². The van der Waals surface area contributed by atoms with Gasteiger partial charge in [0.15, 0.2) is 6.23 Å². The highest BCUT2D eigenvalue weighted by molar-refractivity contribution is 6.03. The van der Waals surface area contributed by atoms with E-state index in [2.05, 4.69) is 20.3 Å². The second kappa shape index (κ2) is 10.6. The molecular formula is C21H27N7O2. The van der Waals surface area contributed by atoms with E-state index in [0.717, 1.165) is 0 Å². The molecule has 8 N–H and O–H groups in total. The predicted octanol–water partition coefficient (Wildman–Crippen LogP) is 2.46. The Balaban J connectivity index is 2.33. The van der Waals surface area contributed by atoms with E-state index in [4.69, 9.17) is 21.9 Å². The van der Waals surface area contributed by atoms with Crippen molar-refractivity contribution in [2.45, 2.75) is 20.1 Å². The maximum absolute atomic E-state index is 10.6. The summed E-state index contributed by atoms with van der Waals surface area (Å²) in [5, 5.41) is 13.7. The lowest BCUT2D eigenvalue weighted by Crippen LogP contribution is -2.20. The summed E-state index contributed by atoms with van der Waals surface area (Å²) < 4.78 is 5.16. The molecule has 0 aliphatic carbocycles. The average molecular weight is 409 g/mol. The highest BCUT2D eigenvalue weighted by atomic mass is 16.5. The summed E-state index contributed by atoms with van der Waals surface area (Å²) in [5.41, 5.74) is 19.9. The fourth-order valence-electron chi connectivity index (χ4n) is 2.43. The van der Waals surface area contributed by atoms with E-state index < -0.39 is 6.23 Å². The fraction of sp³-hybridized carbons (Fsp3) is 0.190. The van der Waals surface area contributed by atoms with E-state index in [9.17, 15) is 5.11 Å². The molecule has 158 valence electrons. The Hall–Kier alpha value is -3.85. The summed E-state index contributed by atoms with van der Waals surface area (Å²) in [6.07, 6.45) is 7.37. The number of nitrogens with one attached hydrogen (secondary N) is 1. The lowest BCUT2D eigenvalue weighted by atomic mass is 10.1. The molecule has 0 amide bonds. The zero-order chi connectivity index (χ0) is 22.1. The first-order valence-corrected chi connectivity index (χ1v) is 9.16. The van der Waals surface area contributed by atoms with Gasteiger partial charge in [0.05, 0.1) is 12.9 Å². The van der Waals surface area contributed by atoms with Crippen molar-refractivity contribution in [3.63, 3.8) is 0 Å². The van der Waals surface area contributed by atoms with Crippen molar-refractivity contribution in [1.82, 2.24) is 9.97 Å². The first kappa shape index (κ1) is 22.4. The number of methoxy groups -OCH3 is 1. The van der Waals surface area contributed by atoms with Gasteiger partial charge in [0.1, 0.15) is 11.7 Å². The number of nitrogen functional groups attached to an aromatic ring is 2. The molecule has 0 bridgehead atoms. The van der Waals surface area contributed by atoms with Crippen molar-refractivity contribution in [3.05, 3.63) is 71.7 Å². The van der Waals surface area contributed by atoms with E-state index in [1.54, 1.807) is 62.7 Å². The summed E-state index contributed by atoms with van der Waals surface area (Å²) in [7, 11) is 1.55. The molecule has 0 aliphatic heterocycles. The molecule has 9 nitrogen and oxygen atoms in total. The highest BCUT2D eigenvalue weighted by Gasteiger charge is 2.12. The molecule has 2 rings (SSSR count). The number of benzene rings is 1. The van der Waals surface area contributed by atoms with Crippen LogP contribution in [0, 0.1) is 0 Å². The molecule has 1 aromatic heterocycles. The highest BCUT2D eigenvalue weighted by Crippen LogP contribution is 2.21. The zero-order valence-electron chi connectivity index (χ0n) is 17.2. The van der Waals surface area contributed by atoms with Crippen LogP contribution in [0.3, 0.4) is 0 Å². The Morgan fingerprint density at radius 1 is 1.30 bits per heavy atom. The zero-order valence-corrected chi connectivity index (χ0v) is 17.2. The number of aliphatic imine (C=N–C) groups is 1. The van der Waals surface area contributed by atoms with E-state index in [1.807, 2.05) is 13.0 Å². The number of aliphatic hydroxyl groups excluding tert-OH is 1. The molecule has 0 saturated heterocycles. The van der Waals surface area contributed by atoms with Crippen LogP contribution in [0.1, 0.15) is 19.4 Å². The molecule has 1 atom stereocenters. The largest absolute Gasteiger partial charge is 0.501 e. The molecule has 1 unspecified atom stereocenters. The number of nitrogens with zero attached hydrogens (tertiary/aromatic N) is 3. The number of anilines is 4. The smallest absolute Gasteiger partial charge is 0.221 e. The molecule has 0 fully saturated rings. The maximum Gasteiger partial charge on any atom is 0.221 e. The average Bonchev–Trinajstić information content (AvgIpc) is 2.72. The first-order chi connectivity index (χ1) is 14.3. The van der Waals surface area contributed by atoms with E-state index in [-0.39, 0.29) is 11.8 Å². The van der Waals surface area contributed by atoms with Crippen LogP contribution < -0.4 is 22.5 Å². The van der Waals surface area contributed by atoms with Gasteiger partial charge in [-0.1, -0.05) is 18.2 Å². The molecule has 30 heavy (non-hydrogen) atoms. The molecule has 0 radical (unpaired) electrons.